The fourth-order valence-corrected chi connectivity index (χ4v) is 5.06. The Balaban J connectivity index is 1.63. The summed E-state index contributed by atoms with van der Waals surface area (Å²) >= 11 is 0. The SMILES string of the molecule is COc1ccc(S(=O)(=O)N2C[C@@H](C(=O)NCc3ccccc3)Oc3ccccc32)cc1OC. The monoisotopic (exact) mass is 468 g/mol. The van der Waals surface area contributed by atoms with E-state index in [2.05, 4.69) is 5.32 Å². The van der Waals surface area contributed by atoms with E-state index in [1.807, 2.05) is 30.3 Å². The molecular weight excluding hydrogens is 444 g/mol. The molecular formula is C24H24N2O6S. The molecule has 0 spiro atoms. The highest BCUT2D eigenvalue weighted by Gasteiger charge is 2.37. The number of carbonyl (C=O) groups excluding carboxylic acids is 1. The van der Waals surface area contributed by atoms with Crippen LogP contribution >= 0.6 is 0 Å². The molecule has 0 aromatic heterocycles. The molecule has 8 nitrogen and oxygen atoms in total. The third-order valence-electron chi connectivity index (χ3n) is 5.28. The van der Waals surface area contributed by atoms with E-state index in [4.69, 9.17) is 14.2 Å². The van der Waals surface area contributed by atoms with Gasteiger partial charge in [0.1, 0.15) is 5.75 Å². The van der Waals surface area contributed by atoms with Gasteiger partial charge in [0.25, 0.3) is 15.9 Å². The fraction of sp³-hybridized carbons (Fsp3) is 0.208. The van der Waals surface area contributed by atoms with E-state index in [-0.39, 0.29) is 17.2 Å². The van der Waals surface area contributed by atoms with Crippen LogP contribution < -0.4 is 23.8 Å². The van der Waals surface area contributed by atoms with Crippen molar-refractivity contribution in [1.82, 2.24) is 5.32 Å². The lowest BCUT2D eigenvalue weighted by molar-refractivity contribution is -0.127. The van der Waals surface area contributed by atoms with Crippen LogP contribution in [0.3, 0.4) is 0 Å². The van der Waals surface area contributed by atoms with Gasteiger partial charge < -0.3 is 19.5 Å². The molecule has 0 unspecified atom stereocenters. The van der Waals surface area contributed by atoms with Crippen LogP contribution in [-0.4, -0.2) is 41.2 Å². The summed E-state index contributed by atoms with van der Waals surface area (Å²) in [6.45, 7) is 0.137. The smallest absolute Gasteiger partial charge is 0.264 e. The van der Waals surface area contributed by atoms with Crippen molar-refractivity contribution in [1.29, 1.82) is 0 Å². The van der Waals surface area contributed by atoms with Crippen LogP contribution in [-0.2, 0) is 21.4 Å². The van der Waals surface area contributed by atoms with E-state index in [0.717, 1.165) is 5.56 Å². The molecule has 1 aliphatic heterocycles. The molecule has 0 saturated heterocycles. The molecule has 0 radical (unpaired) electrons. The number of fused-ring (bicyclic) bond motifs is 1. The van der Waals surface area contributed by atoms with Gasteiger partial charge in [-0.1, -0.05) is 42.5 Å². The molecule has 172 valence electrons. The van der Waals surface area contributed by atoms with Gasteiger partial charge in [-0.25, -0.2) is 8.42 Å². The fourth-order valence-electron chi connectivity index (χ4n) is 3.57. The van der Waals surface area contributed by atoms with Crippen LogP contribution in [0.15, 0.2) is 77.7 Å². The van der Waals surface area contributed by atoms with E-state index in [0.29, 0.717) is 23.7 Å². The summed E-state index contributed by atoms with van der Waals surface area (Å²) < 4.78 is 44.7. The second-order valence-electron chi connectivity index (χ2n) is 7.33. The van der Waals surface area contributed by atoms with Crippen molar-refractivity contribution < 1.29 is 27.4 Å². The van der Waals surface area contributed by atoms with Crippen molar-refractivity contribution in [3.8, 4) is 17.2 Å². The molecule has 0 aliphatic carbocycles. The number of anilines is 1. The molecule has 1 heterocycles. The molecule has 4 rings (SSSR count). The van der Waals surface area contributed by atoms with Crippen molar-refractivity contribution >= 4 is 21.6 Å². The summed E-state index contributed by atoms with van der Waals surface area (Å²) in [5, 5.41) is 2.82. The quantitative estimate of drug-likeness (QED) is 0.573. The minimum Gasteiger partial charge on any atom is -0.493 e. The number of sulfonamides is 1. The van der Waals surface area contributed by atoms with Gasteiger partial charge in [0.05, 0.1) is 31.3 Å². The number of para-hydroxylation sites is 2. The maximum Gasteiger partial charge on any atom is 0.264 e. The molecule has 0 bridgehead atoms. The number of nitrogens with zero attached hydrogens (tertiary/aromatic N) is 1. The zero-order chi connectivity index (χ0) is 23.4. The normalized spacial score (nSPS) is 15.2. The van der Waals surface area contributed by atoms with Gasteiger partial charge in [0, 0.05) is 12.6 Å². The number of rotatable bonds is 7. The molecule has 1 N–H and O–H groups in total. The third kappa shape index (κ3) is 4.58. The number of nitrogens with one attached hydrogen (secondary N) is 1. The van der Waals surface area contributed by atoms with Gasteiger partial charge in [-0.2, -0.15) is 0 Å². The van der Waals surface area contributed by atoms with Crippen LogP contribution in [0, 0.1) is 0 Å². The summed E-state index contributed by atoms with van der Waals surface area (Å²) in [7, 11) is -1.12. The number of amides is 1. The number of hydrogen-bond acceptors (Lipinski definition) is 6. The van der Waals surface area contributed by atoms with Gasteiger partial charge >= 0.3 is 0 Å². The number of carbonyl (C=O) groups is 1. The Kier molecular flexibility index (Phi) is 6.41. The molecule has 1 amide bonds. The van der Waals surface area contributed by atoms with Gasteiger partial charge in [0.2, 0.25) is 0 Å². The van der Waals surface area contributed by atoms with Gasteiger partial charge in [-0.15, -0.1) is 0 Å². The molecule has 0 saturated carbocycles. The third-order valence-corrected chi connectivity index (χ3v) is 7.06. The maximum atomic E-state index is 13.6. The zero-order valence-corrected chi connectivity index (χ0v) is 19.0. The largest absolute Gasteiger partial charge is 0.493 e. The highest BCUT2D eigenvalue weighted by atomic mass is 32.2. The van der Waals surface area contributed by atoms with Crippen LogP contribution in [0.1, 0.15) is 5.56 Å². The van der Waals surface area contributed by atoms with Crippen molar-refractivity contribution in [3.63, 3.8) is 0 Å². The molecule has 3 aromatic carbocycles. The minimum atomic E-state index is -4.03. The highest BCUT2D eigenvalue weighted by molar-refractivity contribution is 7.92. The minimum absolute atomic E-state index is 0.0142. The second-order valence-corrected chi connectivity index (χ2v) is 9.19. The summed E-state index contributed by atoms with van der Waals surface area (Å²) in [6.07, 6.45) is -1.02. The first-order valence-electron chi connectivity index (χ1n) is 10.3. The summed E-state index contributed by atoms with van der Waals surface area (Å²) in [4.78, 5) is 12.9. The van der Waals surface area contributed by atoms with Crippen LogP contribution in [0.4, 0.5) is 5.69 Å². The van der Waals surface area contributed by atoms with Gasteiger partial charge in [-0.3, -0.25) is 9.10 Å². The Morgan fingerprint density at radius 3 is 2.42 bits per heavy atom. The van der Waals surface area contributed by atoms with Crippen molar-refractivity contribution in [3.05, 3.63) is 78.4 Å². The van der Waals surface area contributed by atoms with E-state index in [1.54, 1.807) is 24.3 Å². The standard InChI is InChI=1S/C24H24N2O6S/c1-30-21-13-12-18(14-22(21)31-2)33(28,29)26-16-23(32-20-11-7-6-10-19(20)26)24(27)25-15-17-8-4-3-5-9-17/h3-14,23H,15-16H2,1-2H3,(H,25,27)/t23-/m0/s1. The van der Waals surface area contributed by atoms with Crippen molar-refractivity contribution in [2.45, 2.75) is 17.5 Å². The first-order chi connectivity index (χ1) is 15.9. The van der Waals surface area contributed by atoms with E-state index in [1.165, 1.54) is 36.7 Å². The molecule has 1 atom stereocenters. The molecule has 1 aliphatic rings. The predicted molar refractivity (Wildman–Crippen MR) is 123 cm³/mol. The summed E-state index contributed by atoms with van der Waals surface area (Å²) in [5.74, 6) is 0.614. The Labute approximate surface area is 192 Å². The lowest BCUT2D eigenvalue weighted by Crippen LogP contribution is -2.50. The van der Waals surface area contributed by atoms with Crippen molar-refractivity contribution in [2.75, 3.05) is 25.1 Å². The topological polar surface area (TPSA) is 94.2 Å². The Hall–Kier alpha value is -3.72. The number of ether oxygens (including phenoxy) is 3. The molecule has 33 heavy (non-hydrogen) atoms. The Morgan fingerprint density at radius 2 is 1.70 bits per heavy atom. The van der Waals surface area contributed by atoms with Crippen LogP contribution in [0.5, 0.6) is 17.2 Å². The Bertz CT molecular complexity index is 1250. The summed E-state index contributed by atoms with van der Waals surface area (Å²) in [6, 6.07) is 20.5. The lowest BCUT2D eigenvalue weighted by Gasteiger charge is -2.34. The summed E-state index contributed by atoms with van der Waals surface area (Å²) in [5.41, 5.74) is 1.29. The molecule has 9 heteroatoms. The maximum absolute atomic E-state index is 13.6. The number of hydrogen-bond donors (Lipinski definition) is 1. The van der Waals surface area contributed by atoms with Crippen LogP contribution in [0.2, 0.25) is 0 Å². The lowest BCUT2D eigenvalue weighted by atomic mass is 10.2. The van der Waals surface area contributed by atoms with Gasteiger partial charge in [-0.05, 0) is 29.8 Å². The first-order valence-corrected chi connectivity index (χ1v) is 11.7. The van der Waals surface area contributed by atoms with E-state index < -0.39 is 22.0 Å². The molecule has 3 aromatic rings. The Morgan fingerprint density at radius 1 is 1.00 bits per heavy atom. The molecule has 0 fully saturated rings. The average Bonchev–Trinajstić information content (AvgIpc) is 2.86. The van der Waals surface area contributed by atoms with Crippen molar-refractivity contribution in [2.24, 2.45) is 0 Å². The average molecular weight is 469 g/mol. The predicted octanol–water partition coefficient (Wildman–Crippen LogP) is 2.98. The second kappa shape index (κ2) is 9.41. The zero-order valence-electron chi connectivity index (χ0n) is 18.2. The van der Waals surface area contributed by atoms with Gasteiger partial charge in [0.15, 0.2) is 17.6 Å². The number of benzene rings is 3. The van der Waals surface area contributed by atoms with E-state index in [9.17, 15) is 13.2 Å². The van der Waals surface area contributed by atoms with Crippen LogP contribution in [0.25, 0.3) is 0 Å². The number of methoxy groups -OCH3 is 2. The highest BCUT2D eigenvalue weighted by Crippen LogP contribution is 2.38. The van der Waals surface area contributed by atoms with E-state index >= 15 is 0 Å². The first kappa shape index (κ1) is 22.5.